The van der Waals surface area contributed by atoms with Gasteiger partial charge in [-0.25, -0.2) is 4.68 Å². The fourth-order valence-electron chi connectivity index (χ4n) is 1.38. The van der Waals surface area contributed by atoms with Crippen LogP contribution in [0, 0.1) is 0 Å². The van der Waals surface area contributed by atoms with E-state index < -0.39 is 5.97 Å². The van der Waals surface area contributed by atoms with Gasteiger partial charge in [-0.2, -0.15) is 0 Å². The predicted octanol–water partition coefficient (Wildman–Crippen LogP) is -0.193. The van der Waals surface area contributed by atoms with Crippen molar-refractivity contribution in [3.05, 3.63) is 0 Å². The lowest BCUT2D eigenvalue weighted by Gasteiger charge is -2.17. The lowest BCUT2D eigenvalue weighted by molar-refractivity contribution is -0.141. The molecule has 0 aliphatic carbocycles. The maximum atomic E-state index is 11.8. The van der Waals surface area contributed by atoms with Crippen LogP contribution >= 0.6 is 11.8 Å². The Balaban J connectivity index is 2.56. The summed E-state index contributed by atoms with van der Waals surface area (Å²) in [6.45, 7) is 5.12. The molecule has 0 unspecified atom stereocenters. The maximum Gasteiger partial charge on any atom is 0.327 e. The first-order chi connectivity index (χ1) is 9.12. The Hall–Kier alpha value is -1.64. The minimum Gasteiger partial charge on any atom is -0.468 e. The van der Waals surface area contributed by atoms with Crippen LogP contribution in [0.3, 0.4) is 0 Å². The molecule has 19 heavy (non-hydrogen) atoms. The van der Waals surface area contributed by atoms with Crippen molar-refractivity contribution in [3.63, 3.8) is 0 Å². The normalized spacial score (nSPS) is 10.3. The highest BCUT2D eigenvalue weighted by atomic mass is 32.2. The van der Waals surface area contributed by atoms with E-state index in [1.54, 1.807) is 4.90 Å². The van der Waals surface area contributed by atoms with Gasteiger partial charge in [0.2, 0.25) is 11.1 Å². The van der Waals surface area contributed by atoms with Gasteiger partial charge in [0.15, 0.2) is 0 Å². The number of carbonyl (C=O) groups excluding carboxylic acids is 2. The first-order valence-electron chi connectivity index (χ1n) is 5.85. The predicted molar refractivity (Wildman–Crippen MR) is 68.5 cm³/mol. The highest BCUT2D eigenvalue weighted by Gasteiger charge is 2.15. The summed E-state index contributed by atoms with van der Waals surface area (Å²) in [5.41, 5.74) is 0. The van der Waals surface area contributed by atoms with Crippen molar-refractivity contribution in [2.24, 2.45) is 0 Å². The number of esters is 1. The van der Waals surface area contributed by atoms with Crippen molar-refractivity contribution >= 4 is 23.6 Å². The Bertz CT molecular complexity index is 433. The van der Waals surface area contributed by atoms with E-state index in [0.29, 0.717) is 18.2 Å². The molecule has 0 bridgehead atoms. The molecule has 1 aromatic rings. The van der Waals surface area contributed by atoms with Gasteiger partial charge in [-0.3, -0.25) is 9.59 Å². The van der Waals surface area contributed by atoms with Crippen LogP contribution in [0.1, 0.15) is 13.8 Å². The quantitative estimate of drug-likeness (QED) is 0.507. The molecule has 0 N–H and O–H groups in total. The fourth-order valence-corrected chi connectivity index (χ4v) is 2.16. The number of aromatic nitrogens is 4. The molecule has 0 saturated carbocycles. The van der Waals surface area contributed by atoms with E-state index in [4.69, 9.17) is 0 Å². The molecule has 1 heterocycles. The Labute approximate surface area is 115 Å². The molecule has 0 aromatic carbocycles. The van der Waals surface area contributed by atoms with Crippen LogP contribution in [-0.2, 0) is 20.9 Å². The SMILES string of the molecule is CCN(CC)C(=O)CSc1nnnn1CC(=O)OC. The number of hydrogen-bond acceptors (Lipinski definition) is 7. The fraction of sp³-hybridized carbons (Fsp3) is 0.700. The molecule has 1 amide bonds. The number of hydrogen-bond donors (Lipinski definition) is 0. The van der Waals surface area contributed by atoms with Gasteiger partial charge < -0.3 is 9.64 Å². The molecule has 1 rings (SSSR count). The van der Waals surface area contributed by atoms with E-state index in [1.807, 2.05) is 13.8 Å². The molecule has 9 heteroatoms. The third-order valence-electron chi connectivity index (χ3n) is 2.45. The number of rotatable bonds is 7. The summed E-state index contributed by atoms with van der Waals surface area (Å²) in [6.07, 6.45) is 0. The second-order valence-corrected chi connectivity index (χ2v) is 4.49. The van der Waals surface area contributed by atoms with Crippen LogP contribution in [0.15, 0.2) is 5.16 Å². The molecule has 0 atom stereocenters. The number of carbonyl (C=O) groups is 2. The van der Waals surface area contributed by atoms with E-state index in [1.165, 1.54) is 23.6 Å². The highest BCUT2D eigenvalue weighted by molar-refractivity contribution is 7.99. The summed E-state index contributed by atoms with van der Waals surface area (Å²) in [7, 11) is 1.30. The second-order valence-electron chi connectivity index (χ2n) is 3.55. The van der Waals surface area contributed by atoms with Crippen molar-refractivity contribution in [3.8, 4) is 0 Å². The van der Waals surface area contributed by atoms with Gasteiger partial charge in [0.25, 0.3) is 0 Å². The lowest BCUT2D eigenvalue weighted by atomic mass is 10.5. The van der Waals surface area contributed by atoms with Gasteiger partial charge >= 0.3 is 5.97 Å². The number of amides is 1. The Morgan fingerprint density at radius 2 is 2.05 bits per heavy atom. The summed E-state index contributed by atoms with van der Waals surface area (Å²) in [5, 5.41) is 11.4. The molecule has 0 spiro atoms. The van der Waals surface area contributed by atoms with Crippen molar-refractivity contribution in [2.45, 2.75) is 25.5 Å². The number of methoxy groups -OCH3 is 1. The first kappa shape index (κ1) is 15.4. The summed E-state index contributed by atoms with van der Waals surface area (Å²) >= 11 is 1.20. The van der Waals surface area contributed by atoms with E-state index in [0.717, 1.165) is 0 Å². The van der Waals surface area contributed by atoms with Crippen molar-refractivity contribution in [1.29, 1.82) is 0 Å². The van der Waals surface area contributed by atoms with Gasteiger partial charge in [0.1, 0.15) is 6.54 Å². The molecule has 0 aliphatic rings. The van der Waals surface area contributed by atoms with E-state index in [9.17, 15) is 9.59 Å². The van der Waals surface area contributed by atoms with E-state index in [-0.39, 0.29) is 18.2 Å². The molecule has 106 valence electrons. The lowest BCUT2D eigenvalue weighted by Crippen LogP contribution is -2.32. The molecule has 0 fully saturated rings. The molecular weight excluding hydrogens is 270 g/mol. The monoisotopic (exact) mass is 287 g/mol. The third kappa shape index (κ3) is 4.51. The topological polar surface area (TPSA) is 90.2 Å². The molecule has 1 aromatic heterocycles. The van der Waals surface area contributed by atoms with Crippen molar-refractivity contribution in [2.75, 3.05) is 26.0 Å². The number of ether oxygens (including phenoxy) is 1. The van der Waals surface area contributed by atoms with Gasteiger partial charge in [-0.1, -0.05) is 11.8 Å². The summed E-state index contributed by atoms with van der Waals surface area (Å²) in [6, 6.07) is 0. The zero-order chi connectivity index (χ0) is 14.3. The molecule has 0 saturated heterocycles. The van der Waals surface area contributed by atoms with Crippen LogP contribution in [0.4, 0.5) is 0 Å². The van der Waals surface area contributed by atoms with Crippen molar-refractivity contribution < 1.29 is 14.3 Å². The average Bonchev–Trinajstić information content (AvgIpc) is 2.84. The smallest absolute Gasteiger partial charge is 0.327 e. The maximum absolute atomic E-state index is 11.8. The Morgan fingerprint density at radius 3 is 2.63 bits per heavy atom. The van der Waals surface area contributed by atoms with Gasteiger partial charge in [0, 0.05) is 13.1 Å². The minimum atomic E-state index is -0.441. The Kier molecular flexibility index (Phi) is 6.26. The second kappa shape index (κ2) is 7.72. The van der Waals surface area contributed by atoms with Gasteiger partial charge in [-0.05, 0) is 24.3 Å². The zero-order valence-corrected chi connectivity index (χ0v) is 12.0. The van der Waals surface area contributed by atoms with Crippen LogP contribution < -0.4 is 0 Å². The zero-order valence-electron chi connectivity index (χ0n) is 11.2. The van der Waals surface area contributed by atoms with Gasteiger partial charge in [0.05, 0.1) is 12.9 Å². The molecule has 0 radical (unpaired) electrons. The summed E-state index contributed by atoms with van der Waals surface area (Å²) in [5.74, 6) is -0.185. The molecule has 8 nitrogen and oxygen atoms in total. The van der Waals surface area contributed by atoms with Crippen LogP contribution in [-0.4, -0.2) is 62.9 Å². The summed E-state index contributed by atoms with van der Waals surface area (Å²) < 4.78 is 5.85. The standard InChI is InChI=1S/C10H17N5O3S/c1-4-14(5-2)8(16)7-19-10-11-12-13-15(10)6-9(17)18-3/h4-7H2,1-3H3. The van der Waals surface area contributed by atoms with Crippen LogP contribution in [0.2, 0.25) is 0 Å². The first-order valence-corrected chi connectivity index (χ1v) is 6.84. The van der Waals surface area contributed by atoms with E-state index in [2.05, 4.69) is 20.3 Å². The summed E-state index contributed by atoms with van der Waals surface area (Å²) in [4.78, 5) is 24.7. The molecule has 0 aliphatic heterocycles. The number of tetrazole rings is 1. The largest absolute Gasteiger partial charge is 0.468 e. The number of thioether (sulfide) groups is 1. The van der Waals surface area contributed by atoms with Gasteiger partial charge in [-0.15, -0.1) is 5.10 Å². The minimum absolute atomic E-state index is 0.0163. The Morgan fingerprint density at radius 1 is 1.37 bits per heavy atom. The molecular formula is C10H17N5O3S. The number of nitrogens with zero attached hydrogens (tertiary/aromatic N) is 5. The average molecular weight is 287 g/mol. The van der Waals surface area contributed by atoms with E-state index >= 15 is 0 Å². The highest BCUT2D eigenvalue weighted by Crippen LogP contribution is 2.14. The van der Waals surface area contributed by atoms with Crippen molar-refractivity contribution in [1.82, 2.24) is 25.1 Å². The third-order valence-corrected chi connectivity index (χ3v) is 3.39. The van der Waals surface area contributed by atoms with Crippen LogP contribution in [0.5, 0.6) is 0 Å². The van der Waals surface area contributed by atoms with Crippen LogP contribution in [0.25, 0.3) is 0 Å².